The van der Waals surface area contributed by atoms with Crippen LogP contribution in [0.15, 0.2) is 30.7 Å². The average molecular weight is 581 g/mol. The van der Waals surface area contributed by atoms with Gasteiger partial charge < -0.3 is 35.2 Å². The summed E-state index contributed by atoms with van der Waals surface area (Å²) in [6.45, 7) is 2.93. The molecule has 3 aromatic rings. The van der Waals surface area contributed by atoms with Crippen molar-refractivity contribution >= 4 is 29.0 Å². The number of methoxy groups -OCH3 is 1. The van der Waals surface area contributed by atoms with Crippen LogP contribution >= 0.6 is 0 Å². The Balaban J connectivity index is 1.54. The first-order valence-electron chi connectivity index (χ1n) is 13.8. The van der Waals surface area contributed by atoms with Crippen LogP contribution in [0.3, 0.4) is 0 Å². The van der Waals surface area contributed by atoms with E-state index in [0.717, 1.165) is 18.5 Å². The first-order chi connectivity index (χ1) is 20.4. The van der Waals surface area contributed by atoms with Gasteiger partial charge in [-0.05, 0) is 43.7 Å². The standard InChI is InChI=1S/C28H36N8O6/c1-3-29-27(39)24(21(38)16-37)42-18-36-17-32-23-25(31-15-20-8-4-5-12-30-20)33-22(34-26(23)36)9-6-7-19-10-13-35(14-11-19)28(40)41-2/h4-5,8,12,17,19,21,24,37-38H,3,7,10-11,13-16,18H2,1-2H3,(H,29,39)(H,31,33,34)/t21?,24-/m0/s1. The Kier molecular flexibility index (Phi) is 11.0. The predicted molar refractivity (Wildman–Crippen MR) is 152 cm³/mol. The van der Waals surface area contributed by atoms with Gasteiger partial charge in [0.25, 0.3) is 5.91 Å². The van der Waals surface area contributed by atoms with Crippen LogP contribution in [0.1, 0.15) is 37.7 Å². The third-order valence-electron chi connectivity index (χ3n) is 6.80. The first kappa shape index (κ1) is 30.6. The zero-order chi connectivity index (χ0) is 29.9. The van der Waals surface area contributed by atoms with Gasteiger partial charge in [-0.3, -0.25) is 14.3 Å². The number of fused-ring (bicyclic) bond motifs is 1. The summed E-state index contributed by atoms with van der Waals surface area (Å²) in [6, 6.07) is 5.62. The molecule has 14 nitrogen and oxygen atoms in total. The van der Waals surface area contributed by atoms with Gasteiger partial charge in [0.05, 0.1) is 32.3 Å². The maximum Gasteiger partial charge on any atom is 0.409 e. The van der Waals surface area contributed by atoms with Crippen LogP contribution in [0.25, 0.3) is 11.2 Å². The Bertz CT molecular complexity index is 1400. The van der Waals surface area contributed by atoms with Gasteiger partial charge in [0.15, 0.2) is 23.1 Å². The summed E-state index contributed by atoms with van der Waals surface area (Å²) in [4.78, 5) is 43.8. The number of aromatic nitrogens is 5. The fraction of sp³-hybridized carbons (Fsp3) is 0.500. The SMILES string of the molecule is CCNC(=O)[C@@H](OCn1cnc2c(NCc3ccccn3)nc(C#CCC3CCN(C(=O)OC)CC3)nc21)C(O)CO. The van der Waals surface area contributed by atoms with E-state index >= 15 is 0 Å². The monoisotopic (exact) mass is 580 g/mol. The minimum atomic E-state index is -1.41. The average Bonchev–Trinajstić information content (AvgIpc) is 3.43. The number of nitrogens with one attached hydrogen (secondary N) is 2. The van der Waals surface area contributed by atoms with Crippen LogP contribution in [-0.4, -0.2) is 97.2 Å². The van der Waals surface area contributed by atoms with E-state index in [1.165, 1.54) is 13.4 Å². The third-order valence-corrected chi connectivity index (χ3v) is 6.80. The van der Waals surface area contributed by atoms with Gasteiger partial charge in [0.1, 0.15) is 12.8 Å². The van der Waals surface area contributed by atoms with Gasteiger partial charge in [0, 0.05) is 32.3 Å². The predicted octanol–water partition coefficient (Wildman–Crippen LogP) is 0.885. The van der Waals surface area contributed by atoms with E-state index in [1.54, 1.807) is 22.6 Å². The van der Waals surface area contributed by atoms with Crippen molar-refractivity contribution in [3.8, 4) is 11.8 Å². The molecule has 3 aromatic heterocycles. The molecule has 4 heterocycles. The Labute approximate surface area is 243 Å². The van der Waals surface area contributed by atoms with Gasteiger partial charge in [-0.2, -0.15) is 0 Å². The summed E-state index contributed by atoms with van der Waals surface area (Å²) in [5, 5.41) is 25.4. The number of amides is 2. The van der Waals surface area contributed by atoms with E-state index in [0.29, 0.717) is 55.5 Å². The normalized spacial score (nSPS) is 15.0. The minimum absolute atomic E-state index is 0.169. The fourth-order valence-electron chi connectivity index (χ4n) is 4.51. The molecule has 42 heavy (non-hydrogen) atoms. The lowest BCUT2D eigenvalue weighted by molar-refractivity contribution is -0.147. The number of hydrogen-bond acceptors (Lipinski definition) is 11. The van der Waals surface area contributed by atoms with Gasteiger partial charge in [-0.1, -0.05) is 12.0 Å². The highest BCUT2D eigenvalue weighted by Gasteiger charge is 2.27. The fourth-order valence-corrected chi connectivity index (χ4v) is 4.51. The number of likely N-dealkylation sites (N-methyl/N-ethyl adjacent to an activating group) is 1. The largest absolute Gasteiger partial charge is 0.453 e. The lowest BCUT2D eigenvalue weighted by Gasteiger charge is -2.29. The summed E-state index contributed by atoms with van der Waals surface area (Å²) in [5.74, 6) is 6.77. The third kappa shape index (κ3) is 7.90. The number of aliphatic hydroxyl groups excluding tert-OH is 2. The van der Waals surface area contributed by atoms with Crippen molar-refractivity contribution in [1.29, 1.82) is 0 Å². The molecule has 0 radical (unpaired) electrons. The Hall–Kier alpha value is -4.32. The second-order valence-electron chi connectivity index (χ2n) is 9.72. The summed E-state index contributed by atoms with van der Waals surface area (Å²) in [5.41, 5.74) is 1.69. The van der Waals surface area contributed by atoms with Crippen molar-refractivity contribution in [2.45, 2.75) is 51.7 Å². The first-order valence-corrected chi connectivity index (χ1v) is 13.8. The van der Waals surface area contributed by atoms with Gasteiger partial charge in [0.2, 0.25) is 5.82 Å². The molecule has 0 saturated carbocycles. The topological polar surface area (TPSA) is 177 Å². The summed E-state index contributed by atoms with van der Waals surface area (Å²) in [6.07, 6.45) is 2.49. The molecule has 1 aliphatic rings. The van der Waals surface area contributed by atoms with E-state index in [9.17, 15) is 19.8 Å². The highest BCUT2D eigenvalue weighted by atomic mass is 16.5. The number of carbonyl (C=O) groups excluding carboxylic acids is 2. The molecule has 14 heteroatoms. The molecule has 0 aromatic carbocycles. The Morgan fingerprint density at radius 3 is 2.71 bits per heavy atom. The molecule has 2 amide bonds. The van der Waals surface area contributed by atoms with E-state index < -0.39 is 24.7 Å². The number of anilines is 1. The highest BCUT2D eigenvalue weighted by Crippen LogP contribution is 2.22. The molecule has 0 aliphatic carbocycles. The molecule has 0 bridgehead atoms. The molecule has 224 valence electrons. The number of likely N-dealkylation sites (tertiary alicyclic amines) is 1. The van der Waals surface area contributed by atoms with Crippen molar-refractivity contribution in [2.24, 2.45) is 5.92 Å². The maximum absolute atomic E-state index is 12.4. The second kappa shape index (κ2) is 15.1. The van der Waals surface area contributed by atoms with Gasteiger partial charge in [-0.15, -0.1) is 0 Å². The number of nitrogens with zero attached hydrogens (tertiary/aromatic N) is 6. The van der Waals surface area contributed by atoms with Crippen LogP contribution in [0, 0.1) is 17.8 Å². The molecule has 1 aliphatic heterocycles. The number of aliphatic hydroxyl groups is 2. The minimum Gasteiger partial charge on any atom is -0.453 e. The van der Waals surface area contributed by atoms with Crippen LogP contribution in [0.4, 0.5) is 10.6 Å². The molecule has 1 fully saturated rings. The van der Waals surface area contributed by atoms with Crippen molar-refractivity contribution in [3.63, 3.8) is 0 Å². The number of imidazole rings is 1. The van der Waals surface area contributed by atoms with E-state index in [-0.39, 0.29) is 18.6 Å². The summed E-state index contributed by atoms with van der Waals surface area (Å²) >= 11 is 0. The van der Waals surface area contributed by atoms with Gasteiger partial charge >= 0.3 is 6.09 Å². The number of piperidine rings is 1. The molecular weight excluding hydrogens is 544 g/mol. The van der Waals surface area contributed by atoms with E-state index in [4.69, 9.17) is 9.47 Å². The van der Waals surface area contributed by atoms with Crippen molar-refractivity contribution in [2.75, 3.05) is 38.7 Å². The Morgan fingerprint density at radius 1 is 1.21 bits per heavy atom. The maximum atomic E-state index is 12.4. The van der Waals surface area contributed by atoms with Crippen LogP contribution in [-0.2, 0) is 27.5 Å². The van der Waals surface area contributed by atoms with Crippen LogP contribution < -0.4 is 10.6 Å². The molecule has 0 spiro atoms. The highest BCUT2D eigenvalue weighted by molar-refractivity contribution is 5.83. The second-order valence-corrected chi connectivity index (χ2v) is 9.72. The molecule has 1 saturated heterocycles. The quantitative estimate of drug-likeness (QED) is 0.237. The van der Waals surface area contributed by atoms with Crippen LogP contribution in [0.2, 0.25) is 0 Å². The van der Waals surface area contributed by atoms with Gasteiger partial charge in [-0.25, -0.2) is 19.7 Å². The number of ether oxygens (including phenoxy) is 2. The molecule has 2 atom stereocenters. The van der Waals surface area contributed by atoms with E-state index in [2.05, 4.69) is 42.4 Å². The molecule has 1 unspecified atom stereocenters. The number of hydrogen-bond donors (Lipinski definition) is 4. The lowest BCUT2D eigenvalue weighted by Crippen LogP contribution is -2.45. The zero-order valence-corrected chi connectivity index (χ0v) is 23.7. The molecule has 4 rings (SSSR count). The van der Waals surface area contributed by atoms with Crippen molar-refractivity contribution in [3.05, 3.63) is 42.2 Å². The zero-order valence-electron chi connectivity index (χ0n) is 23.7. The Morgan fingerprint density at radius 2 is 2.02 bits per heavy atom. The lowest BCUT2D eigenvalue weighted by atomic mass is 9.94. The summed E-state index contributed by atoms with van der Waals surface area (Å²) < 4.78 is 12.1. The van der Waals surface area contributed by atoms with E-state index in [1.807, 2.05) is 18.2 Å². The number of rotatable bonds is 11. The van der Waals surface area contributed by atoms with Crippen LogP contribution in [0.5, 0.6) is 0 Å². The van der Waals surface area contributed by atoms with Crippen molar-refractivity contribution in [1.82, 2.24) is 34.7 Å². The number of carbonyl (C=O) groups is 2. The molecule has 4 N–H and O–H groups in total. The number of pyridine rings is 1. The summed E-state index contributed by atoms with van der Waals surface area (Å²) in [7, 11) is 1.38. The van der Waals surface area contributed by atoms with Crippen molar-refractivity contribution < 1.29 is 29.3 Å². The smallest absolute Gasteiger partial charge is 0.409 e. The molecular formula is C28H36N8O6.